The minimum Gasteiger partial charge on any atom is -0.460 e. The van der Waals surface area contributed by atoms with Gasteiger partial charge in [-0.1, -0.05) is 12.1 Å². The Morgan fingerprint density at radius 3 is 2.69 bits per heavy atom. The maximum Gasteiger partial charge on any atom is 0.338 e. The van der Waals surface area contributed by atoms with Crippen LogP contribution in [0.4, 0.5) is 0 Å². The molecule has 0 saturated carbocycles. The first-order chi connectivity index (χ1) is 15.6. The van der Waals surface area contributed by atoms with Crippen LogP contribution in [0.25, 0.3) is 16.7 Å². The zero-order chi connectivity index (χ0) is 22.5. The monoisotopic (exact) mass is 437 g/mol. The maximum atomic E-state index is 12.2. The number of hydrogen-bond acceptors (Lipinski definition) is 6. The van der Waals surface area contributed by atoms with E-state index in [2.05, 4.69) is 45.6 Å². The Balaban J connectivity index is 1.51. The molecule has 4 rings (SSSR count). The Morgan fingerprint density at radius 1 is 1.12 bits per heavy atom. The standard InChI is InChI=1S/C25H31N3O4/c1-18(31-3)27-11-9-19(10-12-27)20-5-4-6-22(15-20)28-17-26-23-16-21(7-8-24(23)28)25(29)32-14-13-30-2/h4-8,15-19H,9-14H2,1-3H3. The van der Waals surface area contributed by atoms with E-state index in [0.717, 1.165) is 42.7 Å². The Bertz CT molecular complexity index is 1060. The summed E-state index contributed by atoms with van der Waals surface area (Å²) >= 11 is 0. The lowest BCUT2D eigenvalue weighted by molar-refractivity contribution is -0.0305. The number of aromatic nitrogens is 2. The molecular weight excluding hydrogens is 406 g/mol. The second-order valence-corrected chi connectivity index (χ2v) is 8.19. The molecule has 3 aromatic rings. The summed E-state index contributed by atoms with van der Waals surface area (Å²) < 4.78 is 17.7. The predicted octanol–water partition coefficient (Wildman–Crippen LogP) is 4.00. The van der Waals surface area contributed by atoms with Crippen LogP contribution in [0, 0.1) is 0 Å². The van der Waals surface area contributed by atoms with Gasteiger partial charge in [0.15, 0.2) is 0 Å². The number of methoxy groups -OCH3 is 2. The molecule has 1 atom stereocenters. The topological polar surface area (TPSA) is 65.8 Å². The van der Waals surface area contributed by atoms with Crippen molar-refractivity contribution in [2.75, 3.05) is 40.5 Å². The van der Waals surface area contributed by atoms with E-state index in [9.17, 15) is 4.79 Å². The molecule has 32 heavy (non-hydrogen) atoms. The maximum absolute atomic E-state index is 12.2. The summed E-state index contributed by atoms with van der Waals surface area (Å²) in [5.74, 6) is 0.174. The number of ether oxygens (including phenoxy) is 3. The van der Waals surface area contributed by atoms with E-state index in [-0.39, 0.29) is 18.8 Å². The van der Waals surface area contributed by atoms with E-state index < -0.39 is 0 Å². The van der Waals surface area contributed by atoms with Crippen molar-refractivity contribution in [3.8, 4) is 5.69 Å². The number of nitrogens with zero attached hydrogens (tertiary/aromatic N) is 3. The third-order valence-electron chi connectivity index (χ3n) is 6.31. The first-order valence-corrected chi connectivity index (χ1v) is 11.1. The van der Waals surface area contributed by atoms with Gasteiger partial charge >= 0.3 is 5.97 Å². The van der Waals surface area contributed by atoms with Gasteiger partial charge in [0, 0.05) is 33.0 Å². The Hall–Kier alpha value is -2.74. The van der Waals surface area contributed by atoms with Crippen LogP contribution in [0.1, 0.15) is 41.6 Å². The van der Waals surface area contributed by atoms with Crippen molar-refractivity contribution < 1.29 is 19.0 Å². The molecular formula is C25H31N3O4. The molecule has 0 aliphatic carbocycles. The molecule has 0 bridgehead atoms. The molecule has 0 spiro atoms. The van der Waals surface area contributed by atoms with Crippen LogP contribution in [-0.2, 0) is 14.2 Å². The molecule has 7 heteroatoms. The second-order valence-electron chi connectivity index (χ2n) is 8.19. The van der Waals surface area contributed by atoms with Crippen molar-refractivity contribution in [3.05, 3.63) is 59.9 Å². The van der Waals surface area contributed by atoms with Crippen molar-refractivity contribution in [3.63, 3.8) is 0 Å². The molecule has 2 aromatic carbocycles. The highest BCUT2D eigenvalue weighted by Gasteiger charge is 2.24. The van der Waals surface area contributed by atoms with E-state index in [1.54, 1.807) is 26.4 Å². The number of hydrogen-bond donors (Lipinski definition) is 0. The molecule has 2 heterocycles. The summed E-state index contributed by atoms with van der Waals surface area (Å²) in [5, 5.41) is 0. The quantitative estimate of drug-likeness (QED) is 0.392. The fourth-order valence-electron chi connectivity index (χ4n) is 4.32. The Morgan fingerprint density at radius 2 is 1.94 bits per heavy atom. The SMILES string of the molecule is COCCOC(=O)c1ccc2c(c1)ncn2-c1cccc(C2CCN(C(C)OC)CC2)c1. The van der Waals surface area contributed by atoms with Crippen LogP contribution in [0.3, 0.4) is 0 Å². The van der Waals surface area contributed by atoms with E-state index in [1.807, 2.05) is 12.4 Å². The Labute approximate surface area is 188 Å². The number of likely N-dealkylation sites (tertiary alicyclic amines) is 1. The number of benzene rings is 2. The molecule has 0 amide bonds. The summed E-state index contributed by atoms with van der Waals surface area (Å²) in [6, 6.07) is 14.2. The minimum absolute atomic E-state index is 0.168. The third-order valence-corrected chi connectivity index (χ3v) is 6.31. The lowest BCUT2D eigenvalue weighted by atomic mass is 9.89. The average molecular weight is 438 g/mol. The first-order valence-electron chi connectivity index (χ1n) is 11.1. The van der Waals surface area contributed by atoms with E-state index in [0.29, 0.717) is 18.1 Å². The molecule has 1 unspecified atom stereocenters. The van der Waals surface area contributed by atoms with Gasteiger partial charge in [0.05, 0.1) is 23.2 Å². The van der Waals surface area contributed by atoms with Crippen molar-refractivity contribution in [2.24, 2.45) is 0 Å². The summed E-state index contributed by atoms with van der Waals surface area (Å²) in [6.07, 6.45) is 4.22. The molecule has 1 aliphatic rings. The van der Waals surface area contributed by atoms with Crippen LogP contribution in [0.15, 0.2) is 48.8 Å². The normalized spacial score (nSPS) is 16.3. The van der Waals surface area contributed by atoms with Gasteiger partial charge in [-0.3, -0.25) is 9.47 Å². The van der Waals surface area contributed by atoms with E-state index in [1.165, 1.54) is 5.56 Å². The van der Waals surface area contributed by atoms with Gasteiger partial charge in [0.1, 0.15) is 19.2 Å². The van der Waals surface area contributed by atoms with Gasteiger partial charge in [-0.2, -0.15) is 0 Å². The summed E-state index contributed by atoms with van der Waals surface area (Å²) in [7, 11) is 3.34. The zero-order valence-corrected chi connectivity index (χ0v) is 19.0. The van der Waals surface area contributed by atoms with Crippen LogP contribution in [-0.4, -0.2) is 67.2 Å². The van der Waals surface area contributed by atoms with Crippen LogP contribution >= 0.6 is 0 Å². The minimum atomic E-state index is -0.366. The van der Waals surface area contributed by atoms with Gasteiger partial charge in [-0.25, -0.2) is 9.78 Å². The highest BCUT2D eigenvalue weighted by atomic mass is 16.6. The van der Waals surface area contributed by atoms with Gasteiger partial charge in [-0.15, -0.1) is 0 Å². The highest BCUT2D eigenvalue weighted by Crippen LogP contribution is 2.30. The number of piperidine rings is 1. The van der Waals surface area contributed by atoms with Gasteiger partial charge in [-0.05, 0) is 61.6 Å². The van der Waals surface area contributed by atoms with Crippen molar-refractivity contribution in [1.82, 2.24) is 14.5 Å². The fourth-order valence-corrected chi connectivity index (χ4v) is 4.32. The molecule has 1 aliphatic heterocycles. The largest absolute Gasteiger partial charge is 0.460 e. The van der Waals surface area contributed by atoms with Gasteiger partial charge < -0.3 is 14.2 Å². The second kappa shape index (κ2) is 10.3. The van der Waals surface area contributed by atoms with Gasteiger partial charge in [0.25, 0.3) is 0 Å². The molecule has 1 aromatic heterocycles. The number of carbonyl (C=O) groups excluding carboxylic acids is 1. The van der Waals surface area contributed by atoms with Crippen LogP contribution < -0.4 is 0 Å². The third kappa shape index (κ3) is 4.85. The van der Waals surface area contributed by atoms with Crippen LogP contribution in [0.2, 0.25) is 0 Å². The van der Waals surface area contributed by atoms with Crippen molar-refractivity contribution in [2.45, 2.75) is 31.9 Å². The Kier molecular flexibility index (Phi) is 7.19. The molecule has 1 saturated heterocycles. The zero-order valence-electron chi connectivity index (χ0n) is 19.0. The number of rotatable bonds is 8. The van der Waals surface area contributed by atoms with E-state index >= 15 is 0 Å². The summed E-state index contributed by atoms with van der Waals surface area (Å²) in [5.41, 5.74) is 4.64. The lowest BCUT2D eigenvalue weighted by Crippen LogP contribution is -2.40. The molecule has 0 radical (unpaired) electrons. The average Bonchev–Trinajstić information content (AvgIpc) is 3.27. The van der Waals surface area contributed by atoms with Gasteiger partial charge in [0.2, 0.25) is 0 Å². The number of esters is 1. The smallest absolute Gasteiger partial charge is 0.338 e. The fraction of sp³-hybridized carbons (Fsp3) is 0.440. The molecule has 7 nitrogen and oxygen atoms in total. The predicted molar refractivity (Wildman–Crippen MR) is 123 cm³/mol. The number of fused-ring (bicyclic) bond motifs is 1. The lowest BCUT2D eigenvalue weighted by Gasteiger charge is -2.35. The van der Waals surface area contributed by atoms with E-state index in [4.69, 9.17) is 14.2 Å². The highest BCUT2D eigenvalue weighted by molar-refractivity contribution is 5.94. The number of carbonyl (C=O) groups is 1. The summed E-state index contributed by atoms with van der Waals surface area (Å²) in [4.78, 5) is 19.1. The molecule has 170 valence electrons. The number of imidazole rings is 1. The summed E-state index contributed by atoms with van der Waals surface area (Å²) in [6.45, 7) is 4.81. The van der Waals surface area contributed by atoms with Crippen LogP contribution in [0.5, 0.6) is 0 Å². The molecule has 1 fully saturated rings. The van der Waals surface area contributed by atoms with Crippen molar-refractivity contribution in [1.29, 1.82) is 0 Å². The first kappa shape index (κ1) is 22.5. The van der Waals surface area contributed by atoms with Crippen molar-refractivity contribution >= 4 is 17.0 Å². The molecule has 0 N–H and O–H groups in total.